The second-order valence-corrected chi connectivity index (χ2v) is 4.04. The monoisotopic (exact) mass is 239 g/mol. The number of nitrogens with zero attached hydrogens (tertiary/aromatic N) is 1. The zero-order valence-electron chi connectivity index (χ0n) is 10.2. The van der Waals surface area contributed by atoms with Crippen molar-refractivity contribution < 1.29 is 9.18 Å². The van der Waals surface area contributed by atoms with E-state index in [4.69, 9.17) is 0 Å². The third kappa shape index (κ3) is 5.99. The van der Waals surface area contributed by atoms with E-state index in [2.05, 4.69) is 10.6 Å². The quantitative estimate of drug-likeness (QED) is 0.725. The fourth-order valence-electron chi connectivity index (χ4n) is 1.24. The minimum absolute atomic E-state index is 0.129. The minimum Gasteiger partial charge on any atom is -0.325 e. The first-order valence-electron chi connectivity index (χ1n) is 5.49. The van der Waals surface area contributed by atoms with E-state index in [1.807, 2.05) is 19.0 Å². The fourth-order valence-corrected chi connectivity index (χ4v) is 1.24. The second kappa shape index (κ2) is 6.98. The highest BCUT2D eigenvalue weighted by Gasteiger charge is 2.01. The van der Waals surface area contributed by atoms with Gasteiger partial charge in [-0.15, -0.1) is 0 Å². The van der Waals surface area contributed by atoms with Gasteiger partial charge in [0.25, 0.3) is 0 Å². The van der Waals surface area contributed by atoms with E-state index in [0.29, 0.717) is 5.69 Å². The van der Waals surface area contributed by atoms with Crippen LogP contribution in [0.4, 0.5) is 10.1 Å². The number of carbonyl (C=O) groups is 1. The summed E-state index contributed by atoms with van der Waals surface area (Å²) in [7, 11) is 3.94. The van der Waals surface area contributed by atoms with Crippen LogP contribution < -0.4 is 10.6 Å². The lowest BCUT2D eigenvalue weighted by Gasteiger charge is -2.10. The maximum absolute atomic E-state index is 12.6. The second-order valence-electron chi connectivity index (χ2n) is 4.04. The Kier molecular flexibility index (Phi) is 5.59. The third-order valence-electron chi connectivity index (χ3n) is 2.15. The van der Waals surface area contributed by atoms with Crippen molar-refractivity contribution in [2.45, 2.75) is 0 Å². The number of rotatable bonds is 6. The molecule has 1 amide bonds. The maximum atomic E-state index is 12.6. The Morgan fingerprint density at radius 2 is 1.94 bits per heavy atom. The van der Waals surface area contributed by atoms with Crippen molar-refractivity contribution in [3.63, 3.8) is 0 Å². The van der Waals surface area contributed by atoms with Crippen LogP contribution in [-0.4, -0.2) is 44.5 Å². The van der Waals surface area contributed by atoms with E-state index in [1.54, 1.807) is 0 Å². The normalized spacial score (nSPS) is 10.6. The number of halogens is 1. The molecule has 0 unspecified atom stereocenters. The molecule has 0 saturated heterocycles. The number of hydrogen-bond acceptors (Lipinski definition) is 3. The van der Waals surface area contributed by atoms with Crippen LogP contribution in [0.15, 0.2) is 24.3 Å². The molecule has 2 N–H and O–H groups in total. The van der Waals surface area contributed by atoms with E-state index in [0.717, 1.165) is 13.1 Å². The van der Waals surface area contributed by atoms with Crippen molar-refractivity contribution in [1.29, 1.82) is 0 Å². The molecule has 1 aromatic carbocycles. The molecule has 4 nitrogen and oxygen atoms in total. The van der Waals surface area contributed by atoms with Gasteiger partial charge in [0.2, 0.25) is 5.91 Å². The van der Waals surface area contributed by atoms with Crippen molar-refractivity contribution in [3.8, 4) is 0 Å². The first-order valence-corrected chi connectivity index (χ1v) is 5.49. The van der Waals surface area contributed by atoms with Crippen LogP contribution in [0.1, 0.15) is 0 Å². The standard InChI is InChI=1S/C12H18FN3O/c1-16(2)8-7-14-9-12(17)15-11-5-3-10(13)4-6-11/h3-6,14H,7-9H2,1-2H3,(H,15,17). The molecule has 0 aromatic heterocycles. The van der Waals surface area contributed by atoms with Gasteiger partial charge in [0, 0.05) is 18.8 Å². The molecule has 17 heavy (non-hydrogen) atoms. The number of amides is 1. The van der Waals surface area contributed by atoms with E-state index in [9.17, 15) is 9.18 Å². The molecule has 1 rings (SSSR count). The predicted octanol–water partition coefficient (Wildman–Crippen LogP) is 0.915. The highest BCUT2D eigenvalue weighted by molar-refractivity contribution is 5.92. The van der Waals surface area contributed by atoms with Crippen LogP contribution in [0.3, 0.4) is 0 Å². The number of carbonyl (C=O) groups excluding carboxylic acids is 1. The number of nitrogens with one attached hydrogen (secondary N) is 2. The summed E-state index contributed by atoms with van der Waals surface area (Å²) >= 11 is 0. The Bertz CT molecular complexity index is 351. The minimum atomic E-state index is -0.313. The van der Waals surface area contributed by atoms with Gasteiger partial charge in [0.1, 0.15) is 5.82 Å². The van der Waals surface area contributed by atoms with E-state index in [-0.39, 0.29) is 18.3 Å². The zero-order valence-corrected chi connectivity index (χ0v) is 10.2. The van der Waals surface area contributed by atoms with Crippen LogP contribution in [0.25, 0.3) is 0 Å². The first-order chi connectivity index (χ1) is 8.08. The van der Waals surface area contributed by atoms with E-state index >= 15 is 0 Å². The van der Waals surface area contributed by atoms with E-state index in [1.165, 1.54) is 24.3 Å². The molecule has 0 spiro atoms. The van der Waals surface area contributed by atoms with Gasteiger partial charge < -0.3 is 15.5 Å². The predicted molar refractivity (Wildman–Crippen MR) is 66.5 cm³/mol. The van der Waals surface area contributed by atoms with Gasteiger partial charge in [-0.1, -0.05) is 0 Å². The van der Waals surface area contributed by atoms with Gasteiger partial charge in [-0.05, 0) is 38.4 Å². The summed E-state index contributed by atoms with van der Waals surface area (Å²) in [6.07, 6.45) is 0. The van der Waals surface area contributed by atoms with Gasteiger partial charge in [-0.2, -0.15) is 0 Å². The fraction of sp³-hybridized carbons (Fsp3) is 0.417. The molecule has 0 aliphatic heterocycles. The Morgan fingerprint density at radius 1 is 1.29 bits per heavy atom. The van der Waals surface area contributed by atoms with Crippen molar-refractivity contribution in [2.24, 2.45) is 0 Å². The summed E-state index contributed by atoms with van der Waals surface area (Å²) in [4.78, 5) is 13.5. The third-order valence-corrected chi connectivity index (χ3v) is 2.15. The lowest BCUT2D eigenvalue weighted by molar-refractivity contribution is -0.115. The number of anilines is 1. The molecule has 0 saturated carbocycles. The van der Waals surface area contributed by atoms with Crippen LogP contribution in [0.2, 0.25) is 0 Å². The van der Waals surface area contributed by atoms with Gasteiger partial charge in [-0.25, -0.2) is 4.39 Å². The SMILES string of the molecule is CN(C)CCNCC(=O)Nc1ccc(F)cc1. The average Bonchev–Trinajstić information content (AvgIpc) is 2.27. The van der Waals surface area contributed by atoms with Crippen LogP contribution >= 0.6 is 0 Å². The number of hydrogen-bond donors (Lipinski definition) is 2. The molecule has 0 aliphatic carbocycles. The smallest absolute Gasteiger partial charge is 0.238 e. The van der Waals surface area contributed by atoms with Crippen molar-refractivity contribution in [1.82, 2.24) is 10.2 Å². The van der Waals surface area contributed by atoms with Crippen LogP contribution in [0, 0.1) is 5.82 Å². The van der Waals surface area contributed by atoms with Gasteiger partial charge in [-0.3, -0.25) is 4.79 Å². The number of likely N-dealkylation sites (N-methyl/N-ethyl adjacent to an activating group) is 1. The van der Waals surface area contributed by atoms with Crippen LogP contribution in [-0.2, 0) is 4.79 Å². The maximum Gasteiger partial charge on any atom is 0.238 e. The highest BCUT2D eigenvalue weighted by atomic mass is 19.1. The molecule has 0 fully saturated rings. The molecule has 1 aromatic rings. The Labute approximate surface area is 101 Å². The average molecular weight is 239 g/mol. The van der Waals surface area contributed by atoms with Gasteiger partial charge in [0.15, 0.2) is 0 Å². The first kappa shape index (κ1) is 13.6. The Balaban J connectivity index is 2.23. The number of benzene rings is 1. The largest absolute Gasteiger partial charge is 0.325 e. The molecule has 5 heteroatoms. The zero-order chi connectivity index (χ0) is 12.7. The molecule has 94 valence electrons. The summed E-state index contributed by atoms with van der Waals surface area (Å²) < 4.78 is 12.6. The Hall–Kier alpha value is -1.46. The molecular weight excluding hydrogens is 221 g/mol. The molecular formula is C12H18FN3O. The van der Waals surface area contributed by atoms with Crippen molar-refractivity contribution in [3.05, 3.63) is 30.1 Å². The lowest BCUT2D eigenvalue weighted by atomic mass is 10.3. The summed E-state index contributed by atoms with van der Waals surface area (Å²) in [6.45, 7) is 1.89. The molecule has 0 radical (unpaired) electrons. The topological polar surface area (TPSA) is 44.4 Å². The molecule has 0 heterocycles. The molecule has 0 aliphatic rings. The van der Waals surface area contributed by atoms with Crippen molar-refractivity contribution in [2.75, 3.05) is 39.0 Å². The highest BCUT2D eigenvalue weighted by Crippen LogP contribution is 2.07. The Morgan fingerprint density at radius 3 is 2.53 bits per heavy atom. The van der Waals surface area contributed by atoms with Gasteiger partial charge >= 0.3 is 0 Å². The summed E-state index contributed by atoms with van der Waals surface area (Å²) in [6, 6.07) is 5.70. The van der Waals surface area contributed by atoms with Gasteiger partial charge in [0.05, 0.1) is 6.54 Å². The summed E-state index contributed by atoms with van der Waals surface area (Å²) in [5, 5.41) is 5.70. The van der Waals surface area contributed by atoms with E-state index < -0.39 is 0 Å². The summed E-state index contributed by atoms with van der Waals surface area (Å²) in [5.74, 6) is -0.442. The molecule has 0 bridgehead atoms. The molecule has 0 atom stereocenters. The summed E-state index contributed by atoms with van der Waals surface area (Å²) in [5.41, 5.74) is 0.603. The van der Waals surface area contributed by atoms with Crippen molar-refractivity contribution >= 4 is 11.6 Å². The van der Waals surface area contributed by atoms with Crippen LogP contribution in [0.5, 0.6) is 0 Å². The lowest BCUT2D eigenvalue weighted by Crippen LogP contribution is -2.33.